The Morgan fingerprint density at radius 2 is 1.84 bits per heavy atom. The zero-order valence-corrected chi connectivity index (χ0v) is 18.2. The van der Waals surface area contributed by atoms with E-state index < -0.39 is 12.1 Å². The summed E-state index contributed by atoms with van der Waals surface area (Å²) >= 11 is 1.26. The Morgan fingerprint density at radius 1 is 1.06 bits per heavy atom. The largest absolute Gasteiger partial charge is 0.326 e. The number of nitrogens with zero attached hydrogens (tertiary/aromatic N) is 3. The maximum absolute atomic E-state index is 12.8. The first-order valence-corrected chi connectivity index (χ1v) is 10.5. The van der Waals surface area contributed by atoms with Crippen molar-refractivity contribution in [1.29, 1.82) is 5.26 Å². The molecule has 0 saturated heterocycles. The predicted octanol–water partition coefficient (Wildman–Crippen LogP) is 4.17. The normalized spacial score (nSPS) is 11.5. The first kappa shape index (κ1) is 21.9. The van der Waals surface area contributed by atoms with Gasteiger partial charge in [-0.1, -0.05) is 55.0 Å². The van der Waals surface area contributed by atoms with Crippen LogP contribution in [0.15, 0.2) is 48.5 Å². The van der Waals surface area contributed by atoms with Gasteiger partial charge in [-0.2, -0.15) is 5.26 Å². The topological polar surface area (TPSA) is 120 Å². The Hall–Kier alpha value is -3.77. The Balaban J connectivity index is 1.65. The second-order valence-electron chi connectivity index (χ2n) is 7.28. The molecule has 0 saturated carbocycles. The number of nitrogens with one attached hydrogen (secondary N) is 3. The number of carbonyl (C=O) groups is 2. The van der Waals surface area contributed by atoms with Crippen molar-refractivity contribution in [2.75, 3.05) is 10.6 Å². The van der Waals surface area contributed by atoms with Crippen LogP contribution in [0.2, 0.25) is 0 Å². The van der Waals surface area contributed by atoms with E-state index >= 15 is 0 Å². The van der Waals surface area contributed by atoms with Gasteiger partial charge in [0.05, 0.1) is 11.6 Å². The monoisotopic (exact) mass is 434 g/mol. The number of hydrogen-bond donors (Lipinski definition) is 3. The minimum absolute atomic E-state index is 0.166. The summed E-state index contributed by atoms with van der Waals surface area (Å²) in [5.74, 6) is -0.553. The number of rotatable bonds is 6. The summed E-state index contributed by atoms with van der Waals surface area (Å²) in [6, 6.07) is 15.1. The van der Waals surface area contributed by atoms with Crippen LogP contribution >= 0.6 is 11.3 Å². The lowest BCUT2D eigenvalue weighted by atomic mass is 10.0. The lowest BCUT2D eigenvalue weighted by molar-refractivity contribution is -0.118. The Kier molecular flexibility index (Phi) is 6.95. The van der Waals surface area contributed by atoms with Crippen molar-refractivity contribution >= 4 is 34.1 Å². The molecular formula is C22H22N6O2S. The number of urea groups is 1. The average molecular weight is 435 g/mol. The summed E-state index contributed by atoms with van der Waals surface area (Å²) in [5.41, 5.74) is 2.92. The van der Waals surface area contributed by atoms with Gasteiger partial charge in [-0.25, -0.2) is 4.79 Å². The number of hydrogen-bond acceptors (Lipinski definition) is 6. The highest BCUT2D eigenvalue weighted by atomic mass is 32.1. The van der Waals surface area contributed by atoms with Gasteiger partial charge < -0.3 is 10.6 Å². The third-order valence-corrected chi connectivity index (χ3v) is 5.29. The van der Waals surface area contributed by atoms with E-state index in [4.69, 9.17) is 5.26 Å². The number of amides is 3. The average Bonchev–Trinajstić information content (AvgIpc) is 3.20. The van der Waals surface area contributed by atoms with Gasteiger partial charge in [0.15, 0.2) is 0 Å². The molecule has 1 atom stereocenters. The molecular weight excluding hydrogens is 412 g/mol. The molecule has 0 bridgehead atoms. The molecule has 2 aromatic carbocycles. The number of anilines is 2. The fraction of sp³-hybridized carbons (Fsp3) is 0.227. The van der Waals surface area contributed by atoms with E-state index in [0.717, 1.165) is 11.1 Å². The molecule has 1 heterocycles. The Labute approximate surface area is 184 Å². The van der Waals surface area contributed by atoms with Crippen LogP contribution in [0.25, 0.3) is 10.6 Å². The number of carbonyl (C=O) groups excluding carboxylic acids is 2. The number of benzene rings is 2. The van der Waals surface area contributed by atoms with E-state index in [0.29, 0.717) is 21.4 Å². The van der Waals surface area contributed by atoms with E-state index in [1.54, 1.807) is 24.3 Å². The number of aryl methyl sites for hydroxylation is 1. The standard InChI is InChI=1S/C22H22N6O2S/c1-13(2)18(25-21(30)24-17-9-5-7-15(11-17)12-23)19(29)26-22-28-27-20(31-22)16-8-4-6-14(3)10-16/h4-11,13,18H,1-3H3,(H2,24,25,30)(H,26,28,29). The van der Waals surface area contributed by atoms with Crippen LogP contribution in [0.1, 0.15) is 25.0 Å². The van der Waals surface area contributed by atoms with Gasteiger partial charge in [0.25, 0.3) is 0 Å². The summed E-state index contributed by atoms with van der Waals surface area (Å²) in [7, 11) is 0. The molecule has 0 spiro atoms. The fourth-order valence-corrected chi connectivity index (χ4v) is 3.60. The first-order chi connectivity index (χ1) is 14.9. The third kappa shape index (κ3) is 5.87. The Bertz CT molecular complexity index is 1130. The van der Waals surface area contributed by atoms with Crippen molar-refractivity contribution in [1.82, 2.24) is 15.5 Å². The summed E-state index contributed by atoms with van der Waals surface area (Å²) in [6.07, 6.45) is 0. The molecule has 9 heteroatoms. The molecule has 3 aromatic rings. The van der Waals surface area contributed by atoms with E-state index in [-0.39, 0.29) is 11.8 Å². The molecule has 8 nitrogen and oxygen atoms in total. The molecule has 31 heavy (non-hydrogen) atoms. The molecule has 0 aliphatic rings. The SMILES string of the molecule is Cc1cccc(-c2nnc(NC(=O)C(NC(=O)Nc3cccc(C#N)c3)C(C)C)s2)c1. The Morgan fingerprint density at radius 3 is 2.55 bits per heavy atom. The van der Waals surface area contributed by atoms with Crippen LogP contribution in [-0.4, -0.2) is 28.2 Å². The van der Waals surface area contributed by atoms with Crippen molar-refractivity contribution < 1.29 is 9.59 Å². The molecule has 3 N–H and O–H groups in total. The molecule has 3 amide bonds. The minimum Gasteiger partial charge on any atom is -0.326 e. The van der Waals surface area contributed by atoms with Crippen molar-refractivity contribution in [2.45, 2.75) is 26.8 Å². The number of nitriles is 1. The molecule has 0 radical (unpaired) electrons. The molecule has 1 aromatic heterocycles. The zero-order chi connectivity index (χ0) is 22.4. The molecule has 0 aliphatic heterocycles. The van der Waals surface area contributed by atoms with Gasteiger partial charge >= 0.3 is 6.03 Å². The van der Waals surface area contributed by atoms with Crippen molar-refractivity contribution in [3.63, 3.8) is 0 Å². The molecule has 0 fully saturated rings. The highest BCUT2D eigenvalue weighted by molar-refractivity contribution is 7.18. The highest BCUT2D eigenvalue weighted by Gasteiger charge is 2.25. The van der Waals surface area contributed by atoms with Crippen molar-refractivity contribution in [2.24, 2.45) is 5.92 Å². The second kappa shape index (κ2) is 9.82. The van der Waals surface area contributed by atoms with Gasteiger partial charge in [0.1, 0.15) is 11.0 Å². The summed E-state index contributed by atoms with van der Waals surface area (Å²) < 4.78 is 0. The van der Waals surface area contributed by atoms with Crippen LogP contribution in [0, 0.1) is 24.2 Å². The minimum atomic E-state index is -0.787. The summed E-state index contributed by atoms with van der Waals surface area (Å²) in [6.45, 7) is 5.66. The second-order valence-corrected chi connectivity index (χ2v) is 8.26. The lowest BCUT2D eigenvalue weighted by Crippen LogP contribution is -2.48. The quantitative estimate of drug-likeness (QED) is 0.538. The van der Waals surface area contributed by atoms with Gasteiger partial charge in [-0.05, 0) is 37.1 Å². The van der Waals surface area contributed by atoms with Crippen LogP contribution in [0.5, 0.6) is 0 Å². The number of aromatic nitrogens is 2. The summed E-state index contributed by atoms with van der Waals surface area (Å²) in [4.78, 5) is 25.2. The van der Waals surface area contributed by atoms with Crippen molar-refractivity contribution in [3.05, 3.63) is 59.7 Å². The van der Waals surface area contributed by atoms with Crippen molar-refractivity contribution in [3.8, 4) is 16.6 Å². The van der Waals surface area contributed by atoms with Crippen LogP contribution in [0.4, 0.5) is 15.6 Å². The van der Waals surface area contributed by atoms with Gasteiger partial charge in [0.2, 0.25) is 11.0 Å². The fourth-order valence-electron chi connectivity index (χ4n) is 2.86. The summed E-state index contributed by atoms with van der Waals surface area (Å²) in [5, 5.41) is 26.3. The van der Waals surface area contributed by atoms with Crippen LogP contribution in [0.3, 0.4) is 0 Å². The van der Waals surface area contributed by atoms with E-state index in [9.17, 15) is 9.59 Å². The van der Waals surface area contributed by atoms with E-state index in [1.807, 2.05) is 51.1 Å². The van der Waals surface area contributed by atoms with Crippen LogP contribution in [-0.2, 0) is 4.79 Å². The zero-order valence-electron chi connectivity index (χ0n) is 17.3. The molecule has 1 unspecified atom stereocenters. The molecule has 3 rings (SSSR count). The highest BCUT2D eigenvalue weighted by Crippen LogP contribution is 2.27. The van der Waals surface area contributed by atoms with Gasteiger partial charge in [0, 0.05) is 11.3 Å². The third-order valence-electron chi connectivity index (χ3n) is 4.41. The predicted molar refractivity (Wildman–Crippen MR) is 121 cm³/mol. The van der Waals surface area contributed by atoms with E-state index in [2.05, 4.69) is 26.1 Å². The lowest BCUT2D eigenvalue weighted by Gasteiger charge is -2.21. The van der Waals surface area contributed by atoms with Gasteiger partial charge in [-0.3, -0.25) is 10.1 Å². The maximum Gasteiger partial charge on any atom is 0.319 e. The van der Waals surface area contributed by atoms with Crippen LogP contribution < -0.4 is 16.0 Å². The smallest absolute Gasteiger partial charge is 0.319 e. The first-order valence-electron chi connectivity index (χ1n) is 9.65. The van der Waals surface area contributed by atoms with E-state index in [1.165, 1.54) is 11.3 Å². The molecule has 0 aliphatic carbocycles. The molecule has 158 valence electrons. The maximum atomic E-state index is 12.8. The van der Waals surface area contributed by atoms with Gasteiger partial charge in [-0.15, -0.1) is 10.2 Å².